The maximum absolute atomic E-state index is 15.2. The third-order valence-corrected chi connectivity index (χ3v) is 6.44. The zero-order chi connectivity index (χ0) is 28.9. The van der Waals surface area contributed by atoms with E-state index >= 15 is 4.39 Å². The molecule has 5 aromatic rings. The van der Waals surface area contributed by atoms with Crippen molar-refractivity contribution >= 4 is 45.4 Å². The van der Waals surface area contributed by atoms with E-state index in [9.17, 15) is 23.5 Å². The lowest BCUT2D eigenvalue weighted by atomic mass is 10.0. The second-order valence-corrected chi connectivity index (χ2v) is 10.6. The van der Waals surface area contributed by atoms with E-state index in [1.807, 2.05) is 0 Å². The Labute approximate surface area is 230 Å². The van der Waals surface area contributed by atoms with Gasteiger partial charge in [-0.05, 0) is 69.3 Å². The Morgan fingerprint density at radius 2 is 1.75 bits per heavy atom. The molecule has 0 aliphatic carbocycles. The molecular formula is C28H23ClF3N5O3. The van der Waals surface area contributed by atoms with E-state index in [-0.39, 0.29) is 38.7 Å². The van der Waals surface area contributed by atoms with E-state index in [0.29, 0.717) is 5.52 Å². The van der Waals surface area contributed by atoms with Gasteiger partial charge in [0.2, 0.25) is 11.9 Å². The topological polar surface area (TPSA) is 112 Å². The number of nitrogens with one attached hydrogen (secondary N) is 3. The van der Waals surface area contributed by atoms with E-state index in [2.05, 4.69) is 20.6 Å². The average Bonchev–Trinajstić information content (AvgIpc) is 3.43. The van der Waals surface area contributed by atoms with Crippen LogP contribution in [0.1, 0.15) is 42.7 Å². The van der Waals surface area contributed by atoms with E-state index < -0.39 is 46.4 Å². The average molecular weight is 570 g/mol. The molecule has 8 nitrogen and oxygen atoms in total. The van der Waals surface area contributed by atoms with Gasteiger partial charge in [-0.1, -0.05) is 11.6 Å². The van der Waals surface area contributed by atoms with Crippen molar-refractivity contribution in [1.29, 1.82) is 0 Å². The van der Waals surface area contributed by atoms with Crippen molar-refractivity contribution < 1.29 is 27.9 Å². The number of aromatic hydroxyl groups is 1. The number of benzene rings is 3. The van der Waals surface area contributed by atoms with Crippen molar-refractivity contribution in [2.75, 3.05) is 0 Å². The number of fused-ring (bicyclic) bond motifs is 2. The largest absolute Gasteiger partial charge is 0.506 e. The third kappa shape index (κ3) is 5.07. The molecule has 0 radical (unpaired) electrons. The number of aromatic amines is 1. The predicted molar refractivity (Wildman–Crippen MR) is 144 cm³/mol. The SMILES string of the molecule is CC(C)(C)NC(=O)[C@@H](NC(=O)c1c(F)ccc2[nH]c(-n3cc(O)c4cc(F)ccc43)nc12)c1cc(F)ccc1Cl. The summed E-state index contributed by atoms with van der Waals surface area (Å²) in [6.07, 6.45) is 1.30. The monoisotopic (exact) mass is 569 g/mol. The molecule has 0 bridgehead atoms. The second-order valence-electron chi connectivity index (χ2n) is 10.2. The standard InChI is InChI=1S/C28H23ClF3N5O3/c1-28(2,3)36-26(40)23(15-10-13(30)4-6-17(15)29)34-25(39)22-18(32)7-8-19-24(22)35-27(33-19)37-12-21(38)16-11-14(31)5-9-20(16)37/h4-12,23,38H,1-3H3,(H,33,35)(H,34,39)(H,36,40)/t23-/m0/s1. The fraction of sp³-hybridized carbons (Fsp3) is 0.179. The molecule has 40 heavy (non-hydrogen) atoms. The van der Waals surface area contributed by atoms with Gasteiger partial charge in [0, 0.05) is 21.5 Å². The molecule has 12 heteroatoms. The van der Waals surface area contributed by atoms with Crippen LogP contribution in [0.5, 0.6) is 5.75 Å². The maximum Gasteiger partial charge on any atom is 0.257 e. The Hall–Kier alpha value is -4.51. The van der Waals surface area contributed by atoms with E-state index in [0.717, 1.165) is 24.3 Å². The van der Waals surface area contributed by atoms with Crippen LogP contribution in [0, 0.1) is 17.5 Å². The van der Waals surface area contributed by atoms with Crippen LogP contribution < -0.4 is 10.6 Å². The first-order valence-corrected chi connectivity index (χ1v) is 12.5. The molecule has 4 N–H and O–H groups in total. The number of halogens is 4. The molecule has 0 aliphatic heterocycles. The normalized spacial score (nSPS) is 12.6. The van der Waals surface area contributed by atoms with E-state index in [4.69, 9.17) is 11.6 Å². The van der Waals surface area contributed by atoms with Gasteiger partial charge in [0.15, 0.2) is 0 Å². The van der Waals surface area contributed by atoms with E-state index in [1.165, 1.54) is 35.0 Å². The molecule has 0 aliphatic rings. The summed E-state index contributed by atoms with van der Waals surface area (Å²) < 4.78 is 44.4. The Kier molecular flexibility index (Phi) is 6.70. The number of imidazole rings is 1. The minimum atomic E-state index is -1.47. The lowest BCUT2D eigenvalue weighted by Gasteiger charge is -2.26. The Bertz CT molecular complexity index is 1810. The first kappa shape index (κ1) is 27.1. The predicted octanol–water partition coefficient (Wildman–Crippen LogP) is 5.67. The fourth-order valence-corrected chi connectivity index (χ4v) is 4.62. The molecule has 3 aromatic carbocycles. The summed E-state index contributed by atoms with van der Waals surface area (Å²) in [6, 6.07) is 8.13. The van der Waals surface area contributed by atoms with Crippen LogP contribution in [-0.2, 0) is 4.79 Å². The highest BCUT2D eigenvalue weighted by Crippen LogP contribution is 2.31. The number of H-pyrrole nitrogens is 1. The Morgan fingerprint density at radius 3 is 2.48 bits per heavy atom. The van der Waals surface area contributed by atoms with Gasteiger partial charge in [0.1, 0.15) is 40.3 Å². The van der Waals surface area contributed by atoms with Crippen LogP contribution >= 0.6 is 11.6 Å². The number of nitrogens with zero attached hydrogens (tertiary/aromatic N) is 2. The van der Waals surface area contributed by atoms with Gasteiger partial charge in [-0.2, -0.15) is 0 Å². The highest BCUT2D eigenvalue weighted by molar-refractivity contribution is 6.31. The van der Waals surface area contributed by atoms with Crippen LogP contribution in [0.15, 0.2) is 54.7 Å². The highest BCUT2D eigenvalue weighted by atomic mass is 35.5. The number of hydrogen-bond donors (Lipinski definition) is 4. The summed E-state index contributed by atoms with van der Waals surface area (Å²) in [5.74, 6) is -3.95. The molecule has 206 valence electrons. The van der Waals surface area contributed by atoms with Gasteiger partial charge in [0.25, 0.3) is 5.91 Å². The molecule has 1 atom stereocenters. The highest BCUT2D eigenvalue weighted by Gasteiger charge is 2.30. The van der Waals surface area contributed by atoms with Crippen LogP contribution in [0.2, 0.25) is 5.02 Å². The van der Waals surface area contributed by atoms with Gasteiger partial charge in [-0.3, -0.25) is 14.2 Å². The zero-order valence-electron chi connectivity index (χ0n) is 21.4. The molecule has 5 rings (SSSR count). The second kappa shape index (κ2) is 9.91. The molecule has 0 saturated carbocycles. The minimum Gasteiger partial charge on any atom is -0.506 e. The molecule has 0 unspecified atom stereocenters. The molecule has 0 saturated heterocycles. The summed E-state index contributed by atoms with van der Waals surface area (Å²) >= 11 is 6.26. The molecule has 0 spiro atoms. The van der Waals surface area contributed by atoms with Crippen LogP contribution in [0.25, 0.3) is 27.9 Å². The van der Waals surface area contributed by atoms with Crippen molar-refractivity contribution in [3.8, 4) is 11.7 Å². The summed E-state index contributed by atoms with van der Waals surface area (Å²) in [5, 5.41) is 15.7. The first-order valence-electron chi connectivity index (χ1n) is 12.1. The molecule has 2 amide bonds. The van der Waals surface area contributed by atoms with Gasteiger partial charge in [-0.25, -0.2) is 18.2 Å². The van der Waals surface area contributed by atoms with Crippen molar-refractivity contribution in [2.24, 2.45) is 0 Å². The minimum absolute atomic E-state index is 0.0198. The smallest absolute Gasteiger partial charge is 0.257 e. The van der Waals surface area contributed by atoms with Crippen LogP contribution in [0.4, 0.5) is 13.2 Å². The zero-order valence-corrected chi connectivity index (χ0v) is 22.2. The number of hydrogen-bond acceptors (Lipinski definition) is 4. The van der Waals surface area contributed by atoms with Crippen molar-refractivity contribution in [3.63, 3.8) is 0 Å². The third-order valence-electron chi connectivity index (χ3n) is 6.10. The number of amides is 2. The lowest BCUT2D eigenvalue weighted by molar-refractivity contribution is -0.124. The van der Waals surface area contributed by atoms with Gasteiger partial charge < -0.3 is 20.7 Å². The quantitative estimate of drug-likeness (QED) is 0.218. The van der Waals surface area contributed by atoms with Crippen molar-refractivity contribution in [3.05, 3.63) is 88.3 Å². The maximum atomic E-state index is 15.2. The van der Waals surface area contributed by atoms with Gasteiger partial charge in [-0.15, -0.1) is 0 Å². The number of aromatic nitrogens is 3. The van der Waals surface area contributed by atoms with Gasteiger partial charge in [0.05, 0.1) is 17.2 Å². The first-order chi connectivity index (χ1) is 18.8. The molecule has 0 fully saturated rings. The summed E-state index contributed by atoms with van der Waals surface area (Å²) in [6.45, 7) is 5.17. The molecular weight excluding hydrogens is 547 g/mol. The van der Waals surface area contributed by atoms with Crippen LogP contribution in [0.3, 0.4) is 0 Å². The fourth-order valence-electron chi connectivity index (χ4n) is 4.39. The number of carbonyl (C=O) groups excluding carboxylic acids is 2. The summed E-state index contributed by atoms with van der Waals surface area (Å²) in [5.41, 5.74) is -0.609. The number of carbonyl (C=O) groups is 2. The molecule has 2 aromatic heterocycles. The Morgan fingerprint density at radius 1 is 1.05 bits per heavy atom. The van der Waals surface area contributed by atoms with E-state index in [1.54, 1.807) is 20.8 Å². The number of rotatable bonds is 5. The summed E-state index contributed by atoms with van der Waals surface area (Å²) in [4.78, 5) is 34.1. The van der Waals surface area contributed by atoms with Crippen molar-refractivity contribution in [2.45, 2.75) is 32.4 Å². The van der Waals surface area contributed by atoms with Crippen molar-refractivity contribution in [1.82, 2.24) is 25.2 Å². The summed E-state index contributed by atoms with van der Waals surface area (Å²) in [7, 11) is 0. The lowest BCUT2D eigenvalue weighted by Crippen LogP contribution is -2.48. The Balaban J connectivity index is 1.58. The molecule has 2 heterocycles. The van der Waals surface area contributed by atoms with Gasteiger partial charge >= 0.3 is 0 Å². The van der Waals surface area contributed by atoms with Crippen LogP contribution in [-0.4, -0.2) is 37.0 Å².